The van der Waals surface area contributed by atoms with Crippen LogP contribution >= 0.6 is 11.8 Å². The first-order valence-corrected chi connectivity index (χ1v) is 14.4. The second-order valence-electron chi connectivity index (χ2n) is 10.5. The number of amidine groups is 1. The number of nitrogens with zero attached hydrogens (tertiary/aromatic N) is 4. The molecule has 0 aliphatic carbocycles. The van der Waals surface area contributed by atoms with E-state index < -0.39 is 0 Å². The number of aryl methyl sites for hydroxylation is 2. The second-order valence-corrected chi connectivity index (χ2v) is 11.5. The lowest BCUT2D eigenvalue weighted by Crippen LogP contribution is -2.37. The number of hydrogen-bond acceptors (Lipinski definition) is 4. The van der Waals surface area contributed by atoms with E-state index in [0.29, 0.717) is 10.8 Å². The molecule has 6 heteroatoms. The summed E-state index contributed by atoms with van der Waals surface area (Å²) in [6.45, 7) is 6.06. The first-order valence-electron chi connectivity index (χ1n) is 13.6. The van der Waals surface area contributed by atoms with E-state index in [-0.39, 0.29) is 5.91 Å². The topological polar surface area (TPSA) is 50.5 Å². The van der Waals surface area contributed by atoms with Crippen molar-refractivity contribution in [2.24, 2.45) is 10.9 Å². The highest BCUT2D eigenvalue weighted by Gasteiger charge is 2.29. The minimum atomic E-state index is -0.166. The maximum Gasteiger partial charge on any atom is 0.286 e. The second kappa shape index (κ2) is 11.1. The summed E-state index contributed by atoms with van der Waals surface area (Å²) in [7, 11) is 0. The minimum absolute atomic E-state index is 0.166. The Labute approximate surface area is 234 Å². The monoisotopic (exact) mass is 532 g/mol. The molecule has 0 N–H and O–H groups in total. The number of aromatic nitrogens is 2. The predicted octanol–water partition coefficient (Wildman–Crippen LogP) is 7.08. The Morgan fingerprint density at radius 1 is 0.949 bits per heavy atom. The lowest BCUT2D eigenvalue weighted by atomic mass is 9.90. The van der Waals surface area contributed by atoms with E-state index in [1.807, 2.05) is 47.3 Å². The number of benzene rings is 3. The fourth-order valence-electron chi connectivity index (χ4n) is 5.36. The van der Waals surface area contributed by atoms with Crippen LogP contribution in [0.2, 0.25) is 0 Å². The molecule has 1 saturated heterocycles. The van der Waals surface area contributed by atoms with Crippen molar-refractivity contribution >= 4 is 28.9 Å². The lowest BCUT2D eigenvalue weighted by Gasteiger charge is -2.32. The van der Waals surface area contributed by atoms with Crippen molar-refractivity contribution in [1.29, 1.82) is 0 Å². The number of para-hydroxylation sites is 1. The number of aliphatic imine (C=N–C) groups is 1. The molecule has 0 radical (unpaired) electrons. The summed E-state index contributed by atoms with van der Waals surface area (Å²) >= 11 is 1.49. The number of likely N-dealkylation sites (tertiary alicyclic amines) is 1. The summed E-state index contributed by atoms with van der Waals surface area (Å²) in [5.74, 6) is 0.506. The van der Waals surface area contributed by atoms with Crippen LogP contribution in [0.25, 0.3) is 23.0 Å². The zero-order chi connectivity index (χ0) is 26.8. The highest BCUT2D eigenvalue weighted by atomic mass is 32.2. The molecule has 3 aromatic carbocycles. The Hall–Kier alpha value is -3.90. The Morgan fingerprint density at radius 2 is 1.67 bits per heavy atom. The normalized spacial score (nSPS) is 17.2. The summed E-state index contributed by atoms with van der Waals surface area (Å²) in [5, 5.41) is 5.80. The van der Waals surface area contributed by atoms with E-state index in [2.05, 4.69) is 72.3 Å². The molecule has 2 aliphatic rings. The molecule has 3 heterocycles. The van der Waals surface area contributed by atoms with Crippen LogP contribution in [0.1, 0.15) is 35.1 Å². The Kier molecular flexibility index (Phi) is 7.20. The molecule has 1 amide bonds. The zero-order valence-electron chi connectivity index (χ0n) is 22.4. The molecule has 39 heavy (non-hydrogen) atoms. The van der Waals surface area contributed by atoms with Gasteiger partial charge in [-0.25, -0.2) is 4.68 Å². The van der Waals surface area contributed by atoms with Crippen LogP contribution in [0.15, 0.2) is 95.0 Å². The molecule has 0 saturated carbocycles. The third-order valence-corrected chi connectivity index (χ3v) is 8.60. The van der Waals surface area contributed by atoms with Gasteiger partial charge in [-0.05, 0) is 86.2 Å². The number of piperidine rings is 1. The standard InChI is InChI=1S/C33H32N4OS/c1-23-13-14-24(2)29(19-23)31-27(22-37(35-31)28-11-7-4-8-12-28)21-30-32(38)34-33(39-30)36-17-15-26(16-18-36)20-25-9-5-3-6-10-25/h3-14,19,21-22,26H,15-18,20H2,1-2H3. The molecule has 0 atom stereocenters. The van der Waals surface area contributed by atoms with Crippen LogP contribution in [-0.4, -0.2) is 38.8 Å². The molecular formula is C33H32N4OS. The largest absolute Gasteiger partial charge is 0.351 e. The van der Waals surface area contributed by atoms with Crippen molar-refractivity contribution in [3.63, 3.8) is 0 Å². The Bertz CT molecular complexity index is 1550. The first-order chi connectivity index (χ1) is 19.0. The van der Waals surface area contributed by atoms with Gasteiger partial charge in [-0.15, -0.1) is 0 Å². The van der Waals surface area contributed by atoms with Gasteiger partial charge in [0.2, 0.25) is 0 Å². The number of carbonyl (C=O) groups is 1. The van der Waals surface area contributed by atoms with Crippen molar-refractivity contribution in [1.82, 2.24) is 14.7 Å². The highest BCUT2D eigenvalue weighted by molar-refractivity contribution is 8.18. The van der Waals surface area contributed by atoms with E-state index in [9.17, 15) is 4.79 Å². The lowest BCUT2D eigenvalue weighted by molar-refractivity contribution is -0.113. The maximum absolute atomic E-state index is 13.1. The number of carbonyl (C=O) groups excluding carboxylic acids is 1. The molecule has 1 fully saturated rings. The summed E-state index contributed by atoms with van der Waals surface area (Å²) < 4.78 is 1.90. The fraction of sp³-hybridized carbons (Fsp3) is 0.242. The zero-order valence-corrected chi connectivity index (χ0v) is 23.2. The van der Waals surface area contributed by atoms with Crippen LogP contribution in [0.5, 0.6) is 0 Å². The molecule has 4 aromatic rings. The van der Waals surface area contributed by atoms with Crippen molar-refractivity contribution in [3.8, 4) is 16.9 Å². The van der Waals surface area contributed by atoms with Gasteiger partial charge in [0.25, 0.3) is 5.91 Å². The Morgan fingerprint density at radius 3 is 2.41 bits per heavy atom. The smallest absolute Gasteiger partial charge is 0.286 e. The summed E-state index contributed by atoms with van der Waals surface area (Å²) in [6, 6.07) is 27.2. The average molecular weight is 533 g/mol. The molecule has 6 rings (SSSR count). The van der Waals surface area contributed by atoms with Crippen LogP contribution in [0, 0.1) is 19.8 Å². The van der Waals surface area contributed by atoms with E-state index >= 15 is 0 Å². The predicted molar refractivity (Wildman–Crippen MR) is 161 cm³/mol. The van der Waals surface area contributed by atoms with E-state index in [1.54, 1.807) is 0 Å². The van der Waals surface area contributed by atoms with E-state index in [0.717, 1.165) is 65.6 Å². The average Bonchev–Trinajstić information content (AvgIpc) is 3.55. The Balaban J connectivity index is 1.23. The van der Waals surface area contributed by atoms with Crippen LogP contribution in [0.4, 0.5) is 0 Å². The van der Waals surface area contributed by atoms with E-state index in [4.69, 9.17) is 5.10 Å². The van der Waals surface area contributed by atoms with Crippen molar-refractivity contribution in [2.75, 3.05) is 13.1 Å². The quantitative estimate of drug-likeness (QED) is 0.258. The molecule has 0 spiro atoms. The number of hydrogen-bond donors (Lipinski definition) is 0. The van der Waals surface area contributed by atoms with Gasteiger partial charge in [0, 0.05) is 30.4 Å². The van der Waals surface area contributed by atoms with Crippen LogP contribution in [-0.2, 0) is 11.2 Å². The number of amides is 1. The summed E-state index contributed by atoms with van der Waals surface area (Å²) in [6.07, 6.45) is 7.32. The fourth-order valence-corrected chi connectivity index (χ4v) is 6.31. The minimum Gasteiger partial charge on any atom is -0.351 e. The summed E-state index contributed by atoms with van der Waals surface area (Å²) in [5.41, 5.74) is 7.58. The van der Waals surface area contributed by atoms with Crippen molar-refractivity contribution in [3.05, 3.63) is 112 Å². The molecule has 1 aromatic heterocycles. The molecule has 2 aliphatic heterocycles. The first kappa shape index (κ1) is 25.4. The van der Waals surface area contributed by atoms with Crippen molar-refractivity contribution < 1.29 is 4.79 Å². The molecule has 5 nitrogen and oxygen atoms in total. The van der Waals surface area contributed by atoms with Crippen LogP contribution in [0.3, 0.4) is 0 Å². The highest BCUT2D eigenvalue weighted by Crippen LogP contribution is 2.35. The van der Waals surface area contributed by atoms with Gasteiger partial charge in [-0.3, -0.25) is 4.79 Å². The third kappa shape index (κ3) is 5.62. The maximum atomic E-state index is 13.1. The number of thioether (sulfide) groups is 1. The number of rotatable bonds is 5. The van der Waals surface area contributed by atoms with Gasteiger partial charge < -0.3 is 4.90 Å². The molecule has 0 unspecified atom stereocenters. The van der Waals surface area contributed by atoms with Gasteiger partial charge in [-0.2, -0.15) is 10.1 Å². The van der Waals surface area contributed by atoms with E-state index in [1.165, 1.54) is 22.9 Å². The third-order valence-electron chi connectivity index (χ3n) is 7.56. The SMILES string of the molecule is Cc1ccc(C)c(-c2nn(-c3ccccc3)cc2C=C2SC(N3CCC(Cc4ccccc4)CC3)=NC2=O)c1. The molecule has 196 valence electrons. The van der Waals surface area contributed by atoms with Gasteiger partial charge in [-0.1, -0.05) is 66.2 Å². The van der Waals surface area contributed by atoms with Gasteiger partial charge in [0.1, 0.15) is 5.69 Å². The van der Waals surface area contributed by atoms with Gasteiger partial charge >= 0.3 is 0 Å². The molecular weight excluding hydrogens is 500 g/mol. The van der Waals surface area contributed by atoms with Gasteiger partial charge in [0.15, 0.2) is 5.17 Å². The van der Waals surface area contributed by atoms with Gasteiger partial charge in [0.05, 0.1) is 10.6 Å². The van der Waals surface area contributed by atoms with Crippen molar-refractivity contribution in [2.45, 2.75) is 33.1 Å². The summed E-state index contributed by atoms with van der Waals surface area (Å²) in [4.78, 5) is 20.5. The van der Waals surface area contributed by atoms with Crippen LogP contribution < -0.4 is 0 Å². The molecule has 0 bridgehead atoms.